The molecule has 0 bridgehead atoms. The molecule has 0 radical (unpaired) electrons. The van der Waals surface area contributed by atoms with Gasteiger partial charge < -0.3 is 14.5 Å². The number of carbonyl (C=O) groups is 1. The van der Waals surface area contributed by atoms with Crippen LogP contribution < -0.4 is 9.64 Å². The van der Waals surface area contributed by atoms with E-state index in [0.717, 1.165) is 24.5 Å². The summed E-state index contributed by atoms with van der Waals surface area (Å²) in [6.07, 6.45) is 0. The van der Waals surface area contributed by atoms with E-state index >= 15 is 0 Å². The lowest BCUT2D eigenvalue weighted by molar-refractivity contribution is 0.0746. The van der Waals surface area contributed by atoms with Gasteiger partial charge in [0.05, 0.1) is 7.11 Å². The zero-order chi connectivity index (χ0) is 18.7. The fourth-order valence-corrected chi connectivity index (χ4v) is 3.02. The molecule has 1 saturated heterocycles. The number of anilines is 1. The van der Waals surface area contributed by atoms with Gasteiger partial charge in [-0.1, -0.05) is 32.9 Å². The maximum Gasteiger partial charge on any atom is 0.253 e. The SMILES string of the molecule is COc1ccc(N2CCN(C(=O)c3ccc(C(C)(C)C)cc3)CC2)nn1. The number of amides is 1. The summed E-state index contributed by atoms with van der Waals surface area (Å²) in [5, 5.41) is 8.19. The molecule has 1 aliphatic heterocycles. The van der Waals surface area contributed by atoms with Crippen molar-refractivity contribution < 1.29 is 9.53 Å². The summed E-state index contributed by atoms with van der Waals surface area (Å²) in [5.74, 6) is 1.40. The molecule has 1 fully saturated rings. The number of piperazine rings is 1. The van der Waals surface area contributed by atoms with Gasteiger partial charge in [-0.3, -0.25) is 4.79 Å². The van der Waals surface area contributed by atoms with Gasteiger partial charge in [0.2, 0.25) is 5.88 Å². The number of rotatable bonds is 3. The third-order valence-corrected chi connectivity index (χ3v) is 4.72. The third-order valence-electron chi connectivity index (χ3n) is 4.72. The Hall–Kier alpha value is -2.63. The van der Waals surface area contributed by atoms with Crippen molar-refractivity contribution >= 4 is 11.7 Å². The molecule has 1 aromatic heterocycles. The highest BCUT2D eigenvalue weighted by Gasteiger charge is 2.23. The van der Waals surface area contributed by atoms with Crippen LogP contribution in [0.15, 0.2) is 36.4 Å². The molecule has 0 aliphatic carbocycles. The molecular formula is C20H26N4O2. The summed E-state index contributed by atoms with van der Waals surface area (Å²) in [6, 6.07) is 11.7. The second-order valence-electron chi connectivity index (χ2n) is 7.54. The summed E-state index contributed by atoms with van der Waals surface area (Å²) < 4.78 is 5.04. The molecule has 6 nitrogen and oxygen atoms in total. The lowest BCUT2D eigenvalue weighted by Crippen LogP contribution is -2.49. The van der Waals surface area contributed by atoms with Crippen LogP contribution in [0, 0.1) is 0 Å². The van der Waals surface area contributed by atoms with Crippen molar-refractivity contribution in [2.75, 3.05) is 38.2 Å². The molecular weight excluding hydrogens is 328 g/mol. The number of hydrogen-bond acceptors (Lipinski definition) is 5. The van der Waals surface area contributed by atoms with E-state index in [9.17, 15) is 4.79 Å². The van der Waals surface area contributed by atoms with Crippen molar-refractivity contribution in [1.82, 2.24) is 15.1 Å². The van der Waals surface area contributed by atoms with Crippen LogP contribution in [-0.2, 0) is 5.41 Å². The maximum atomic E-state index is 12.8. The highest BCUT2D eigenvalue weighted by atomic mass is 16.5. The van der Waals surface area contributed by atoms with Gasteiger partial charge in [-0.2, -0.15) is 0 Å². The van der Waals surface area contributed by atoms with E-state index in [-0.39, 0.29) is 11.3 Å². The summed E-state index contributed by atoms with van der Waals surface area (Å²) in [6.45, 7) is 9.35. The van der Waals surface area contributed by atoms with Crippen LogP contribution in [0.5, 0.6) is 5.88 Å². The van der Waals surface area contributed by atoms with Crippen LogP contribution >= 0.6 is 0 Å². The largest absolute Gasteiger partial charge is 0.480 e. The van der Waals surface area contributed by atoms with Gasteiger partial charge in [-0.05, 0) is 29.2 Å². The van der Waals surface area contributed by atoms with Crippen molar-refractivity contribution in [1.29, 1.82) is 0 Å². The monoisotopic (exact) mass is 354 g/mol. The standard InChI is InChI=1S/C20H26N4O2/c1-20(2,3)16-7-5-15(6-8-16)19(25)24-13-11-23(12-14-24)17-9-10-18(26-4)22-21-17/h5-10H,11-14H2,1-4H3. The molecule has 1 aliphatic rings. The van der Waals surface area contributed by atoms with Crippen molar-refractivity contribution in [3.05, 3.63) is 47.5 Å². The zero-order valence-electron chi connectivity index (χ0n) is 15.9. The quantitative estimate of drug-likeness (QED) is 0.848. The number of aromatic nitrogens is 2. The van der Waals surface area contributed by atoms with E-state index in [1.807, 2.05) is 23.1 Å². The number of nitrogens with zero attached hydrogens (tertiary/aromatic N) is 4. The van der Waals surface area contributed by atoms with Crippen LogP contribution in [-0.4, -0.2) is 54.3 Å². The molecule has 0 N–H and O–H groups in total. The van der Waals surface area contributed by atoms with Gasteiger partial charge in [0.25, 0.3) is 5.91 Å². The molecule has 0 spiro atoms. The van der Waals surface area contributed by atoms with Crippen LogP contribution in [0.25, 0.3) is 0 Å². The van der Waals surface area contributed by atoms with Crippen LogP contribution in [0.2, 0.25) is 0 Å². The summed E-state index contributed by atoms with van der Waals surface area (Å²) in [4.78, 5) is 16.8. The van der Waals surface area contributed by atoms with Crippen LogP contribution in [0.1, 0.15) is 36.7 Å². The Morgan fingerprint density at radius 2 is 1.62 bits per heavy atom. The fraction of sp³-hybridized carbons (Fsp3) is 0.450. The highest BCUT2D eigenvalue weighted by molar-refractivity contribution is 5.94. The predicted molar refractivity (Wildman–Crippen MR) is 102 cm³/mol. The average Bonchev–Trinajstić information content (AvgIpc) is 2.67. The number of hydrogen-bond donors (Lipinski definition) is 0. The van der Waals surface area contributed by atoms with Crippen molar-refractivity contribution in [3.63, 3.8) is 0 Å². The molecule has 26 heavy (non-hydrogen) atoms. The molecule has 1 aromatic carbocycles. The Kier molecular flexibility index (Phi) is 5.11. The first-order chi connectivity index (χ1) is 12.4. The Bertz CT molecular complexity index is 743. The highest BCUT2D eigenvalue weighted by Crippen LogP contribution is 2.23. The topological polar surface area (TPSA) is 58.6 Å². The number of ether oxygens (including phenoxy) is 1. The minimum absolute atomic E-state index is 0.0888. The molecule has 0 atom stereocenters. The summed E-state index contributed by atoms with van der Waals surface area (Å²) >= 11 is 0. The molecule has 2 aromatic rings. The van der Waals surface area contributed by atoms with Crippen LogP contribution in [0.3, 0.4) is 0 Å². The normalized spacial score (nSPS) is 15.1. The molecule has 6 heteroatoms. The van der Waals surface area contributed by atoms with Gasteiger partial charge >= 0.3 is 0 Å². The predicted octanol–water partition coefficient (Wildman–Crippen LogP) is 2.75. The third kappa shape index (κ3) is 3.95. The molecule has 0 unspecified atom stereocenters. The van der Waals surface area contributed by atoms with Crippen molar-refractivity contribution in [3.8, 4) is 5.88 Å². The average molecular weight is 354 g/mol. The number of benzene rings is 1. The van der Waals surface area contributed by atoms with Gasteiger partial charge in [0.15, 0.2) is 5.82 Å². The lowest BCUT2D eigenvalue weighted by atomic mass is 9.86. The van der Waals surface area contributed by atoms with E-state index in [2.05, 4.69) is 48.0 Å². The Morgan fingerprint density at radius 3 is 2.12 bits per heavy atom. The molecule has 2 heterocycles. The minimum Gasteiger partial charge on any atom is -0.480 e. The first kappa shape index (κ1) is 18.2. The Morgan fingerprint density at radius 1 is 0.962 bits per heavy atom. The van der Waals surface area contributed by atoms with Crippen LogP contribution in [0.4, 0.5) is 5.82 Å². The van der Waals surface area contributed by atoms with E-state index < -0.39 is 0 Å². The Labute approximate surface area is 154 Å². The van der Waals surface area contributed by atoms with E-state index in [0.29, 0.717) is 19.0 Å². The van der Waals surface area contributed by atoms with E-state index in [1.165, 1.54) is 5.56 Å². The van der Waals surface area contributed by atoms with E-state index in [1.54, 1.807) is 13.2 Å². The molecule has 3 rings (SSSR count). The number of carbonyl (C=O) groups excluding carboxylic acids is 1. The zero-order valence-corrected chi connectivity index (χ0v) is 15.9. The summed E-state index contributed by atoms with van der Waals surface area (Å²) in [7, 11) is 1.57. The molecule has 0 saturated carbocycles. The fourth-order valence-electron chi connectivity index (χ4n) is 3.02. The Balaban J connectivity index is 1.61. The van der Waals surface area contributed by atoms with E-state index in [4.69, 9.17) is 4.74 Å². The second kappa shape index (κ2) is 7.32. The molecule has 138 valence electrons. The first-order valence-electron chi connectivity index (χ1n) is 8.91. The lowest BCUT2D eigenvalue weighted by Gasteiger charge is -2.35. The van der Waals surface area contributed by atoms with Crippen molar-refractivity contribution in [2.45, 2.75) is 26.2 Å². The van der Waals surface area contributed by atoms with Gasteiger partial charge in [0, 0.05) is 37.8 Å². The second-order valence-corrected chi connectivity index (χ2v) is 7.54. The van der Waals surface area contributed by atoms with Gasteiger partial charge in [-0.15, -0.1) is 10.2 Å². The van der Waals surface area contributed by atoms with Gasteiger partial charge in [-0.25, -0.2) is 0 Å². The summed E-state index contributed by atoms with van der Waals surface area (Å²) in [5.41, 5.74) is 2.07. The first-order valence-corrected chi connectivity index (χ1v) is 8.91. The molecule has 1 amide bonds. The van der Waals surface area contributed by atoms with Crippen molar-refractivity contribution in [2.24, 2.45) is 0 Å². The minimum atomic E-state index is 0.0888. The number of methoxy groups -OCH3 is 1. The smallest absolute Gasteiger partial charge is 0.253 e. The maximum absolute atomic E-state index is 12.8. The van der Waals surface area contributed by atoms with Gasteiger partial charge in [0.1, 0.15) is 0 Å².